The molecule has 3 aromatic heterocycles. The van der Waals surface area contributed by atoms with E-state index < -0.39 is 0 Å². The van der Waals surface area contributed by atoms with E-state index in [0.717, 1.165) is 83.1 Å². The lowest BCUT2D eigenvalue weighted by Crippen LogP contribution is -1.94. The summed E-state index contributed by atoms with van der Waals surface area (Å²) in [5.74, 6) is 0. The Hall–Kier alpha value is -7.23. The molecule has 11 rings (SSSR count). The molecular weight excluding hydrogens is 657 g/mol. The van der Waals surface area contributed by atoms with Crippen molar-refractivity contribution in [3.05, 3.63) is 194 Å². The van der Waals surface area contributed by atoms with Gasteiger partial charge in [0.15, 0.2) is 5.58 Å². The first-order valence-electron chi connectivity index (χ1n) is 18.4. The molecular formula is C51H32N2O. The van der Waals surface area contributed by atoms with Gasteiger partial charge in [0.2, 0.25) is 0 Å². The number of aromatic nitrogens is 2. The van der Waals surface area contributed by atoms with Crippen LogP contribution in [0.25, 0.3) is 105 Å². The number of hydrogen-bond acceptors (Lipinski definition) is 2. The Bertz CT molecular complexity index is 3190. The maximum absolute atomic E-state index is 7.13. The smallest absolute Gasteiger partial charge is 0.159 e. The Kier molecular flexibility index (Phi) is 6.86. The van der Waals surface area contributed by atoms with Crippen LogP contribution in [-0.4, -0.2) is 9.55 Å². The molecule has 0 aliphatic rings. The minimum atomic E-state index is 0.849. The van der Waals surface area contributed by atoms with Crippen molar-refractivity contribution in [2.24, 2.45) is 0 Å². The lowest BCUT2D eigenvalue weighted by molar-refractivity contribution is 0.666. The lowest BCUT2D eigenvalue weighted by atomic mass is 9.91. The lowest BCUT2D eigenvalue weighted by Gasteiger charge is -2.13. The Balaban J connectivity index is 1.24. The number of hydrogen-bond donors (Lipinski definition) is 0. The number of benzene rings is 8. The third-order valence-electron chi connectivity index (χ3n) is 10.8. The minimum absolute atomic E-state index is 0.849. The average Bonchev–Trinajstić information content (AvgIpc) is 3.79. The number of rotatable bonds is 5. The van der Waals surface area contributed by atoms with Crippen LogP contribution in [0.3, 0.4) is 0 Å². The number of pyridine rings is 1. The summed E-state index contributed by atoms with van der Waals surface area (Å²) in [6.45, 7) is 0. The first-order chi connectivity index (χ1) is 26.8. The Morgan fingerprint density at radius 3 is 1.80 bits per heavy atom. The molecule has 11 aromatic rings. The largest absolute Gasteiger partial charge is 0.454 e. The summed E-state index contributed by atoms with van der Waals surface area (Å²) < 4.78 is 9.52. The molecule has 3 nitrogen and oxygen atoms in total. The Morgan fingerprint density at radius 2 is 1.02 bits per heavy atom. The number of fused-ring (bicyclic) bond motifs is 7. The van der Waals surface area contributed by atoms with Gasteiger partial charge >= 0.3 is 0 Å². The van der Waals surface area contributed by atoms with Gasteiger partial charge in [-0.05, 0) is 75.8 Å². The highest BCUT2D eigenvalue weighted by molar-refractivity contribution is 6.19. The van der Waals surface area contributed by atoms with Crippen LogP contribution in [-0.2, 0) is 0 Å². The maximum Gasteiger partial charge on any atom is 0.159 e. The van der Waals surface area contributed by atoms with Crippen molar-refractivity contribution in [2.45, 2.75) is 0 Å². The maximum atomic E-state index is 7.13. The summed E-state index contributed by atoms with van der Waals surface area (Å²) in [7, 11) is 0. The van der Waals surface area contributed by atoms with Crippen LogP contribution in [0, 0.1) is 0 Å². The number of furan rings is 1. The van der Waals surface area contributed by atoms with Crippen LogP contribution in [0.5, 0.6) is 0 Å². The molecule has 0 atom stereocenters. The highest BCUT2D eigenvalue weighted by Crippen LogP contribution is 2.45. The molecule has 0 aliphatic heterocycles. The van der Waals surface area contributed by atoms with Crippen LogP contribution in [0.1, 0.15) is 0 Å². The van der Waals surface area contributed by atoms with Gasteiger partial charge in [0.1, 0.15) is 5.58 Å². The first-order valence-corrected chi connectivity index (χ1v) is 18.4. The highest BCUT2D eigenvalue weighted by Gasteiger charge is 2.22. The van der Waals surface area contributed by atoms with E-state index in [0.29, 0.717) is 0 Å². The van der Waals surface area contributed by atoms with E-state index in [1.807, 2.05) is 6.07 Å². The van der Waals surface area contributed by atoms with Crippen molar-refractivity contribution in [2.75, 3.05) is 0 Å². The van der Waals surface area contributed by atoms with E-state index in [1.165, 1.54) is 21.9 Å². The van der Waals surface area contributed by atoms with Crippen molar-refractivity contribution in [3.63, 3.8) is 0 Å². The highest BCUT2D eigenvalue weighted by atomic mass is 16.3. The molecule has 0 aliphatic carbocycles. The molecule has 0 fully saturated rings. The molecule has 0 N–H and O–H groups in total. The summed E-state index contributed by atoms with van der Waals surface area (Å²) in [5.41, 5.74) is 14.8. The zero-order valence-electron chi connectivity index (χ0n) is 29.3. The van der Waals surface area contributed by atoms with Gasteiger partial charge in [-0.25, -0.2) is 4.98 Å². The fourth-order valence-electron chi connectivity index (χ4n) is 8.29. The predicted octanol–water partition coefficient (Wildman–Crippen LogP) is 13.9. The molecule has 0 amide bonds. The van der Waals surface area contributed by atoms with Gasteiger partial charge in [-0.3, -0.25) is 0 Å². The third-order valence-corrected chi connectivity index (χ3v) is 10.8. The molecule has 54 heavy (non-hydrogen) atoms. The Morgan fingerprint density at radius 1 is 0.389 bits per heavy atom. The normalized spacial score (nSPS) is 11.7. The molecule has 0 unspecified atom stereocenters. The number of nitrogens with zero attached hydrogens (tertiary/aromatic N) is 2. The molecule has 0 saturated carbocycles. The summed E-state index contributed by atoms with van der Waals surface area (Å²) >= 11 is 0. The van der Waals surface area contributed by atoms with E-state index >= 15 is 0 Å². The van der Waals surface area contributed by atoms with Gasteiger partial charge in [-0.1, -0.05) is 152 Å². The standard InChI is InChI=1S/C51H32N2O/c1-4-15-33(16-5-1)36-27-28-40-39-22-11-13-25-46(39)53(48(40)30-36)47-26-14-23-41-50-43(29-37(31-49(50)54-51(41)47)34-17-6-2-7-18-34)42-32-45(35-19-8-3-9-20-35)52-44-24-12-10-21-38(42)44/h1-32H. The van der Waals surface area contributed by atoms with Crippen molar-refractivity contribution in [1.29, 1.82) is 0 Å². The molecule has 0 saturated heterocycles. The first kappa shape index (κ1) is 30.4. The van der Waals surface area contributed by atoms with E-state index in [9.17, 15) is 0 Å². The monoisotopic (exact) mass is 688 g/mol. The molecule has 0 bridgehead atoms. The quantitative estimate of drug-likeness (QED) is 0.180. The molecule has 3 heterocycles. The van der Waals surface area contributed by atoms with E-state index in [-0.39, 0.29) is 0 Å². The van der Waals surface area contributed by atoms with Crippen LogP contribution >= 0.6 is 0 Å². The van der Waals surface area contributed by atoms with Crippen molar-refractivity contribution >= 4 is 54.6 Å². The molecule has 8 aromatic carbocycles. The van der Waals surface area contributed by atoms with E-state index in [2.05, 4.69) is 193 Å². The number of para-hydroxylation sites is 3. The SMILES string of the molecule is c1ccc(-c2cc(-c3cc(-c4ccccc4)nc4ccccc34)c3c(c2)oc2c(-n4c5ccccc5c5ccc(-c6ccccc6)cc54)cccc23)cc1. The molecule has 3 heteroatoms. The van der Waals surface area contributed by atoms with Crippen LogP contribution in [0.4, 0.5) is 0 Å². The van der Waals surface area contributed by atoms with Crippen molar-refractivity contribution in [1.82, 2.24) is 9.55 Å². The second-order valence-corrected chi connectivity index (χ2v) is 13.9. The topological polar surface area (TPSA) is 31.0 Å². The Labute approximate surface area is 312 Å². The fraction of sp³-hybridized carbons (Fsp3) is 0. The summed E-state index contributed by atoms with van der Waals surface area (Å²) in [4.78, 5) is 5.15. The van der Waals surface area contributed by atoms with Crippen LogP contribution < -0.4 is 0 Å². The molecule has 252 valence electrons. The van der Waals surface area contributed by atoms with Crippen LogP contribution in [0.15, 0.2) is 199 Å². The van der Waals surface area contributed by atoms with E-state index in [1.54, 1.807) is 0 Å². The molecule has 0 spiro atoms. The summed E-state index contributed by atoms with van der Waals surface area (Å²) in [6.07, 6.45) is 0. The molecule has 0 radical (unpaired) electrons. The summed E-state index contributed by atoms with van der Waals surface area (Å²) in [6, 6.07) is 69.0. The second-order valence-electron chi connectivity index (χ2n) is 13.9. The zero-order chi connectivity index (χ0) is 35.6. The minimum Gasteiger partial charge on any atom is -0.454 e. The van der Waals surface area contributed by atoms with Gasteiger partial charge in [-0.15, -0.1) is 0 Å². The van der Waals surface area contributed by atoms with Gasteiger partial charge in [0, 0.05) is 32.5 Å². The average molecular weight is 689 g/mol. The van der Waals surface area contributed by atoms with Crippen molar-refractivity contribution < 1.29 is 4.42 Å². The third kappa shape index (κ3) is 4.79. The van der Waals surface area contributed by atoms with E-state index in [4.69, 9.17) is 9.40 Å². The van der Waals surface area contributed by atoms with Crippen molar-refractivity contribution in [3.8, 4) is 50.3 Å². The van der Waals surface area contributed by atoms with Crippen LogP contribution in [0.2, 0.25) is 0 Å². The van der Waals surface area contributed by atoms with Gasteiger partial charge in [0.05, 0.1) is 27.9 Å². The fourth-order valence-corrected chi connectivity index (χ4v) is 8.29. The van der Waals surface area contributed by atoms with Gasteiger partial charge in [-0.2, -0.15) is 0 Å². The predicted molar refractivity (Wildman–Crippen MR) is 225 cm³/mol. The second kappa shape index (κ2) is 12.2. The summed E-state index contributed by atoms with van der Waals surface area (Å²) in [5, 5.41) is 5.69. The van der Waals surface area contributed by atoms with Gasteiger partial charge < -0.3 is 8.98 Å². The van der Waals surface area contributed by atoms with Gasteiger partial charge in [0.25, 0.3) is 0 Å². The zero-order valence-corrected chi connectivity index (χ0v) is 29.3.